The van der Waals surface area contributed by atoms with Gasteiger partial charge in [0.2, 0.25) is 5.91 Å². The van der Waals surface area contributed by atoms with Gasteiger partial charge in [-0.3, -0.25) is 4.79 Å². The molecule has 158 valence electrons. The Hall–Kier alpha value is -3.87. The van der Waals surface area contributed by atoms with Crippen LogP contribution in [0.1, 0.15) is 21.6 Å². The number of carbonyl (C=O) groups excluding carboxylic acids is 2. The second-order valence-electron chi connectivity index (χ2n) is 7.41. The van der Waals surface area contributed by atoms with Gasteiger partial charge in [0.15, 0.2) is 0 Å². The Labute approximate surface area is 178 Å². The summed E-state index contributed by atoms with van der Waals surface area (Å²) in [6.45, 7) is 3.82. The van der Waals surface area contributed by atoms with E-state index in [2.05, 4.69) is 5.32 Å². The highest BCUT2D eigenvalue weighted by molar-refractivity contribution is 5.98. The zero-order chi connectivity index (χ0) is 22.1. The molecular weight excluding hydrogens is 397 g/mol. The standard InChI is InChI=1S/C24H22FN3O3/c1-15-4-5-16(2)19(12-15)26-23(29)14-28-20-10-11-27(18-8-6-17(25)7-9-18)21(20)13-22(28)24(30)31-3/h4-13H,14H2,1-3H3,(H,26,29). The maximum absolute atomic E-state index is 13.3. The molecule has 0 aliphatic rings. The Morgan fingerprint density at radius 2 is 1.74 bits per heavy atom. The molecule has 0 fully saturated rings. The normalized spacial score (nSPS) is 11.0. The number of hydrogen-bond donors (Lipinski definition) is 1. The fraction of sp³-hybridized carbons (Fsp3) is 0.167. The number of rotatable bonds is 5. The number of aryl methyl sites for hydroxylation is 2. The third-order valence-electron chi connectivity index (χ3n) is 5.23. The SMILES string of the molecule is COC(=O)c1cc2c(ccn2-c2ccc(F)cc2)n1CC(=O)Nc1cc(C)ccc1C. The molecule has 0 saturated heterocycles. The number of benzene rings is 2. The summed E-state index contributed by atoms with van der Waals surface area (Å²) in [6, 6.07) is 15.4. The van der Waals surface area contributed by atoms with Gasteiger partial charge in [0.05, 0.1) is 18.1 Å². The number of methoxy groups -OCH3 is 1. The molecule has 2 aromatic carbocycles. The fourth-order valence-electron chi connectivity index (χ4n) is 3.62. The number of halogens is 1. The predicted octanol–water partition coefficient (Wildman–Crippen LogP) is 4.61. The number of hydrogen-bond acceptors (Lipinski definition) is 3. The van der Waals surface area contributed by atoms with E-state index in [0.29, 0.717) is 11.0 Å². The minimum absolute atomic E-state index is 0.0608. The molecule has 0 bridgehead atoms. The van der Waals surface area contributed by atoms with E-state index < -0.39 is 5.97 Å². The number of esters is 1. The molecule has 0 unspecified atom stereocenters. The number of nitrogens with one attached hydrogen (secondary N) is 1. The van der Waals surface area contributed by atoms with Crippen molar-refractivity contribution >= 4 is 28.6 Å². The Morgan fingerprint density at radius 1 is 1.00 bits per heavy atom. The van der Waals surface area contributed by atoms with Crippen LogP contribution in [0.15, 0.2) is 60.8 Å². The summed E-state index contributed by atoms with van der Waals surface area (Å²) in [5.41, 5.74) is 5.14. The molecule has 4 rings (SSSR count). The minimum atomic E-state index is -0.540. The lowest BCUT2D eigenvalue weighted by Crippen LogP contribution is -2.22. The van der Waals surface area contributed by atoms with Crippen molar-refractivity contribution in [1.82, 2.24) is 9.13 Å². The van der Waals surface area contributed by atoms with Crippen LogP contribution in [0.25, 0.3) is 16.7 Å². The van der Waals surface area contributed by atoms with Gasteiger partial charge in [-0.05, 0) is 67.4 Å². The number of ether oxygens (including phenoxy) is 1. The highest BCUT2D eigenvalue weighted by Gasteiger charge is 2.21. The van der Waals surface area contributed by atoms with E-state index in [1.54, 1.807) is 22.8 Å². The zero-order valence-electron chi connectivity index (χ0n) is 17.5. The van der Waals surface area contributed by atoms with Crippen molar-refractivity contribution in [3.8, 4) is 5.69 Å². The van der Waals surface area contributed by atoms with Crippen LogP contribution in [-0.4, -0.2) is 28.1 Å². The number of carbonyl (C=O) groups is 2. The molecule has 6 nitrogen and oxygen atoms in total. The predicted molar refractivity (Wildman–Crippen MR) is 117 cm³/mol. The van der Waals surface area contributed by atoms with Crippen LogP contribution in [0.5, 0.6) is 0 Å². The molecule has 0 aliphatic heterocycles. The van der Waals surface area contributed by atoms with Gasteiger partial charge in [-0.1, -0.05) is 12.1 Å². The van der Waals surface area contributed by atoms with Gasteiger partial charge in [-0.15, -0.1) is 0 Å². The first kappa shape index (κ1) is 20.4. The highest BCUT2D eigenvalue weighted by Crippen LogP contribution is 2.26. The van der Waals surface area contributed by atoms with E-state index in [1.807, 2.05) is 48.9 Å². The van der Waals surface area contributed by atoms with Crippen molar-refractivity contribution in [2.45, 2.75) is 20.4 Å². The summed E-state index contributed by atoms with van der Waals surface area (Å²) < 4.78 is 21.7. The third kappa shape index (κ3) is 3.94. The van der Waals surface area contributed by atoms with Crippen molar-refractivity contribution < 1.29 is 18.7 Å². The van der Waals surface area contributed by atoms with Crippen LogP contribution in [0.3, 0.4) is 0 Å². The quantitative estimate of drug-likeness (QED) is 0.481. The van der Waals surface area contributed by atoms with Crippen LogP contribution in [0.4, 0.5) is 10.1 Å². The summed E-state index contributed by atoms with van der Waals surface area (Å²) in [7, 11) is 1.30. The first-order valence-corrected chi connectivity index (χ1v) is 9.79. The van der Waals surface area contributed by atoms with Crippen LogP contribution >= 0.6 is 0 Å². The number of fused-ring (bicyclic) bond motifs is 1. The van der Waals surface area contributed by atoms with Gasteiger partial charge in [-0.25, -0.2) is 9.18 Å². The Balaban J connectivity index is 1.72. The molecule has 2 heterocycles. The first-order chi connectivity index (χ1) is 14.9. The number of amides is 1. The maximum atomic E-state index is 13.3. The van der Waals surface area contributed by atoms with Gasteiger partial charge in [0.25, 0.3) is 0 Å². The lowest BCUT2D eigenvalue weighted by atomic mass is 10.1. The van der Waals surface area contributed by atoms with E-state index in [9.17, 15) is 14.0 Å². The molecule has 2 aromatic heterocycles. The zero-order valence-corrected chi connectivity index (χ0v) is 17.5. The van der Waals surface area contributed by atoms with Crippen LogP contribution < -0.4 is 5.32 Å². The largest absolute Gasteiger partial charge is 0.464 e. The number of nitrogens with zero attached hydrogens (tertiary/aromatic N) is 2. The monoisotopic (exact) mass is 419 g/mol. The van der Waals surface area contributed by atoms with Gasteiger partial charge < -0.3 is 19.2 Å². The molecule has 7 heteroatoms. The molecule has 0 radical (unpaired) electrons. The average Bonchev–Trinajstić information content (AvgIpc) is 3.31. The molecule has 1 amide bonds. The lowest BCUT2D eigenvalue weighted by molar-refractivity contribution is -0.116. The molecule has 31 heavy (non-hydrogen) atoms. The second kappa shape index (κ2) is 8.10. The van der Waals surface area contributed by atoms with Gasteiger partial charge in [0.1, 0.15) is 18.1 Å². The summed E-state index contributed by atoms with van der Waals surface area (Å²) in [5, 5.41) is 2.92. The Kier molecular flexibility index (Phi) is 5.33. The summed E-state index contributed by atoms with van der Waals surface area (Å²) in [4.78, 5) is 25.2. The van der Waals surface area contributed by atoms with E-state index in [-0.39, 0.29) is 24.0 Å². The van der Waals surface area contributed by atoms with Gasteiger partial charge >= 0.3 is 5.97 Å². The van der Waals surface area contributed by atoms with E-state index in [1.165, 1.54) is 19.2 Å². The molecule has 0 atom stereocenters. The van der Waals surface area contributed by atoms with Crippen molar-refractivity contribution in [1.29, 1.82) is 0 Å². The van der Waals surface area contributed by atoms with Crippen LogP contribution in [0.2, 0.25) is 0 Å². The average molecular weight is 419 g/mol. The van der Waals surface area contributed by atoms with Crippen molar-refractivity contribution in [2.24, 2.45) is 0 Å². The highest BCUT2D eigenvalue weighted by atomic mass is 19.1. The lowest BCUT2D eigenvalue weighted by Gasteiger charge is -2.12. The van der Waals surface area contributed by atoms with Crippen molar-refractivity contribution in [3.05, 3.63) is 83.4 Å². The second-order valence-corrected chi connectivity index (χ2v) is 7.41. The van der Waals surface area contributed by atoms with Crippen molar-refractivity contribution in [2.75, 3.05) is 12.4 Å². The third-order valence-corrected chi connectivity index (χ3v) is 5.23. The molecular formula is C24H22FN3O3. The summed E-state index contributed by atoms with van der Waals surface area (Å²) in [6.07, 6.45) is 1.82. The number of aromatic nitrogens is 2. The van der Waals surface area contributed by atoms with Gasteiger partial charge in [-0.2, -0.15) is 0 Å². The van der Waals surface area contributed by atoms with Gasteiger partial charge in [0, 0.05) is 17.6 Å². The maximum Gasteiger partial charge on any atom is 0.354 e. The van der Waals surface area contributed by atoms with Crippen LogP contribution in [-0.2, 0) is 16.1 Å². The van der Waals surface area contributed by atoms with Crippen LogP contribution in [0, 0.1) is 19.7 Å². The molecule has 1 N–H and O–H groups in total. The molecule has 0 aliphatic carbocycles. The fourth-order valence-corrected chi connectivity index (χ4v) is 3.62. The first-order valence-electron chi connectivity index (χ1n) is 9.79. The topological polar surface area (TPSA) is 65.3 Å². The van der Waals surface area contributed by atoms with E-state index >= 15 is 0 Å². The Bertz CT molecular complexity index is 1290. The van der Waals surface area contributed by atoms with E-state index in [4.69, 9.17) is 4.74 Å². The summed E-state index contributed by atoms with van der Waals surface area (Å²) >= 11 is 0. The molecule has 0 spiro atoms. The summed E-state index contributed by atoms with van der Waals surface area (Å²) in [5.74, 6) is -1.13. The molecule has 4 aromatic rings. The minimum Gasteiger partial charge on any atom is -0.464 e. The molecule has 0 saturated carbocycles. The smallest absolute Gasteiger partial charge is 0.354 e. The van der Waals surface area contributed by atoms with Crippen molar-refractivity contribution in [3.63, 3.8) is 0 Å². The number of anilines is 1. The Morgan fingerprint density at radius 3 is 2.45 bits per heavy atom. The van der Waals surface area contributed by atoms with E-state index in [0.717, 1.165) is 22.5 Å².